The molecule has 1 atom stereocenters. The molecule has 0 unspecified atom stereocenters. The Balaban J connectivity index is 1.20. The Hall–Kier alpha value is -4.84. The van der Waals surface area contributed by atoms with Gasteiger partial charge in [-0.25, -0.2) is 4.98 Å². The van der Waals surface area contributed by atoms with Crippen LogP contribution < -0.4 is 25.3 Å². The standard InChI is InChI=1S/C33H32F3N3O6/c1-42-30-19-29(44-24-12-10-22(11-13-24)38-31(40)20-6-8-21(9-7-20)33(34,35)36)26-15-14-25(18-28(26)39-30)43-17-16-27(37)32(41)45-23-4-2-3-5-23/h6-15,18-19,23,27H,2-5,16-17,37H2,1H3,(H,38,40)/t27-/m0/s1. The van der Waals surface area contributed by atoms with Crippen LogP contribution >= 0.6 is 0 Å². The molecule has 4 aromatic rings. The smallest absolute Gasteiger partial charge is 0.416 e. The average Bonchev–Trinajstić information content (AvgIpc) is 3.54. The Morgan fingerprint density at radius 2 is 1.67 bits per heavy atom. The first-order valence-electron chi connectivity index (χ1n) is 14.4. The summed E-state index contributed by atoms with van der Waals surface area (Å²) in [6, 6.07) is 16.6. The number of halogens is 3. The van der Waals surface area contributed by atoms with Gasteiger partial charge in [0.15, 0.2) is 0 Å². The molecule has 1 aliphatic carbocycles. The Labute approximate surface area is 257 Å². The molecule has 236 valence electrons. The maximum atomic E-state index is 12.8. The van der Waals surface area contributed by atoms with Crippen LogP contribution in [-0.4, -0.2) is 42.7 Å². The molecule has 1 aliphatic rings. The molecule has 3 N–H and O–H groups in total. The fourth-order valence-electron chi connectivity index (χ4n) is 4.86. The van der Waals surface area contributed by atoms with Crippen molar-refractivity contribution in [2.75, 3.05) is 19.0 Å². The lowest BCUT2D eigenvalue weighted by atomic mass is 10.1. The van der Waals surface area contributed by atoms with Crippen LogP contribution in [-0.2, 0) is 15.7 Å². The van der Waals surface area contributed by atoms with E-state index in [1.54, 1.807) is 48.5 Å². The van der Waals surface area contributed by atoms with Gasteiger partial charge in [0.05, 0.1) is 24.8 Å². The predicted octanol–water partition coefficient (Wildman–Crippen LogP) is 6.89. The van der Waals surface area contributed by atoms with Crippen molar-refractivity contribution < 1.29 is 41.7 Å². The molecule has 1 heterocycles. The number of nitrogens with one attached hydrogen (secondary N) is 1. The van der Waals surface area contributed by atoms with Crippen molar-refractivity contribution in [3.05, 3.63) is 83.9 Å². The van der Waals surface area contributed by atoms with Crippen LogP contribution in [0.15, 0.2) is 72.8 Å². The molecule has 0 bridgehead atoms. The number of rotatable bonds is 11. The van der Waals surface area contributed by atoms with E-state index < -0.39 is 29.7 Å². The van der Waals surface area contributed by atoms with Gasteiger partial charge in [0, 0.05) is 35.2 Å². The second-order valence-corrected chi connectivity index (χ2v) is 10.6. The summed E-state index contributed by atoms with van der Waals surface area (Å²) in [5.41, 5.74) is 6.24. The van der Waals surface area contributed by atoms with Gasteiger partial charge >= 0.3 is 12.1 Å². The molecule has 0 spiro atoms. The molecular weight excluding hydrogens is 591 g/mol. The van der Waals surface area contributed by atoms with Gasteiger partial charge in [-0.3, -0.25) is 9.59 Å². The fraction of sp³-hybridized carbons (Fsp3) is 0.303. The maximum absolute atomic E-state index is 12.8. The summed E-state index contributed by atoms with van der Waals surface area (Å²) in [6.07, 6.45) is -0.336. The zero-order valence-electron chi connectivity index (χ0n) is 24.4. The highest BCUT2D eigenvalue weighted by atomic mass is 19.4. The number of anilines is 1. The van der Waals surface area contributed by atoms with Gasteiger partial charge in [0.2, 0.25) is 5.88 Å². The summed E-state index contributed by atoms with van der Waals surface area (Å²) >= 11 is 0. The third-order valence-electron chi connectivity index (χ3n) is 7.33. The molecule has 5 rings (SSSR count). The summed E-state index contributed by atoms with van der Waals surface area (Å²) in [6.45, 7) is 0.210. The van der Waals surface area contributed by atoms with E-state index in [-0.39, 0.29) is 18.3 Å². The predicted molar refractivity (Wildman–Crippen MR) is 161 cm³/mol. The van der Waals surface area contributed by atoms with E-state index >= 15 is 0 Å². The SMILES string of the molecule is COc1cc(Oc2ccc(NC(=O)c3ccc(C(F)(F)F)cc3)cc2)c2ccc(OCC[C@H](N)C(=O)OC3CCCC3)cc2n1. The van der Waals surface area contributed by atoms with Crippen LogP contribution in [0, 0.1) is 0 Å². The number of carbonyl (C=O) groups is 2. The van der Waals surface area contributed by atoms with Crippen molar-refractivity contribution in [2.45, 2.75) is 50.4 Å². The molecule has 1 saturated carbocycles. The Morgan fingerprint density at radius 3 is 2.33 bits per heavy atom. The molecular formula is C33H32F3N3O6. The number of aromatic nitrogens is 1. The lowest BCUT2D eigenvalue weighted by Crippen LogP contribution is -2.35. The van der Waals surface area contributed by atoms with Crippen molar-refractivity contribution in [1.82, 2.24) is 4.98 Å². The summed E-state index contributed by atoms with van der Waals surface area (Å²) in [5, 5.41) is 3.33. The average molecular weight is 624 g/mol. The number of methoxy groups -OCH3 is 1. The van der Waals surface area contributed by atoms with Gasteiger partial charge in [-0.05, 0) is 86.3 Å². The van der Waals surface area contributed by atoms with E-state index in [4.69, 9.17) is 24.7 Å². The third kappa shape index (κ3) is 8.21. The number of amides is 1. The first-order valence-corrected chi connectivity index (χ1v) is 14.4. The van der Waals surface area contributed by atoms with Crippen LogP contribution in [0.2, 0.25) is 0 Å². The third-order valence-corrected chi connectivity index (χ3v) is 7.33. The lowest BCUT2D eigenvalue weighted by molar-refractivity contribution is -0.150. The van der Waals surface area contributed by atoms with Crippen molar-refractivity contribution in [3.63, 3.8) is 0 Å². The number of nitrogens with two attached hydrogens (primary N) is 1. The number of nitrogens with zero attached hydrogens (tertiary/aromatic N) is 1. The van der Waals surface area contributed by atoms with Gasteiger partial charge in [-0.15, -0.1) is 0 Å². The van der Waals surface area contributed by atoms with Crippen LogP contribution in [0.25, 0.3) is 10.9 Å². The van der Waals surface area contributed by atoms with Crippen LogP contribution in [0.3, 0.4) is 0 Å². The molecule has 0 saturated heterocycles. The lowest BCUT2D eigenvalue weighted by Gasteiger charge is -2.16. The quantitative estimate of drug-likeness (QED) is 0.173. The molecule has 0 radical (unpaired) electrons. The van der Waals surface area contributed by atoms with E-state index in [1.807, 2.05) is 0 Å². The summed E-state index contributed by atoms with van der Waals surface area (Å²) in [7, 11) is 1.48. The van der Waals surface area contributed by atoms with E-state index in [0.29, 0.717) is 46.1 Å². The largest absolute Gasteiger partial charge is 0.493 e. The molecule has 12 heteroatoms. The van der Waals surface area contributed by atoms with E-state index in [0.717, 1.165) is 49.9 Å². The second kappa shape index (κ2) is 13.9. The number of carbonyl (C=O) groups excluding carboxylic acids is 2. The van der Waals surface area contributed by atoms with Crippen molar-refractivity contribution in [3.8, 4) is 23.1 Å². The minimum atomic E-state index is -4.48. The van der Waals surface area contributed by atoms with E-state index in [2.05, 4.69) is 10.3 Å². The number of hydrogen-bond acceptors (Lipinski definition) is 8. The van der Waals surface area contributed by atoms with Gasteiger partial charge in [0.25, 0.3) is 5.91 Å². The summed E-state index contributed by atoms with van der Waals surface area (Å²) in [5.74, 6) is 0.793. The minimum Gasteiger partial charge on any atom is -0.493 e. The van der Waals surface area contributed by atoms with E-state index in [1.165, 1.54) is 7.11 Å². The highest BCUT2D eigenvalue weighted by molar-refractivity contribution is 6.04. The highest BCUT2D eigenvalue weighted by Gasteiger charge is 2.30. The molecule has 9 nitrogen and oxygen atoms in total. The van der Waals surface area contributed by atoms with Gasteiger partial charge in [-0.2, -0.15) is 13.2 Å². The first-order chi connectivity index (χ1) is 21.6. The molecule has 0 aliphatic heterocycles. The molecule has 3 aromatic carbocycles. The molecule has 1 aromatic heterocycles. The monoisotopic (exact) mass is 623 g/mol. The van der Waals surface area contributed by atoms with E-state index in [9.17, 15) is 22.8 Å². The van der Waals surface area contributed by atoms with Crippen LogP contribution in [0.1, 0.15) is 48.0 Å². The maximum Gasteiger partial charge on any atom is 0.416 e. The number of hydrogen-bond donors (Lipinski definition) is 2. The molecule has 45 heavy (non-hydrogen) atoms. The normalized spacial score (nSPS) is 14.2. The van der Waals surface area contributed by atoms with Crippen molar-refractivity contribution in [2.24, 2.45) is 5.73 Å². The Kier molecular flexibility index (Phi) is 9.72. The van der Waals surface area contributed by atoms with Gasteiger partial charge < -0.3 is 30.0 Å². The topological polar surface area (TPSA) is 122 Å². The van der Waals surface area contributed by atoms with Crippen LogP contribution in [0.4, 0.5) is 18.9 Å². The molecule has 1 fully saturated rings. The number of ether oxygens (including phenoxy) is 4. The Morgan fingerprint density at radius 1 is 0.978 bits per heavy atom. The van der Waals surface area contributed by atoms with Gasteiger partial charge in [-0.1, -0.05) is 0 Å². The van der Waals surface area contributed by atoms with Crippen molar-refractivity contribution >= 4 is 28.5 Å². The molecule has 1 amide bonds. The minimum absolute atomic E-state index is 0.0397. The number of benzene rings is 3. The first kappa shape index (κ1) is 31.6. The Bertz CT molecular complexity index is 1640. The fourth-order valence-corrected chi connectivity index (χ4v) is 4.86. The highest BCUT2D eigenvalue weighted by Crippen LogP contribution is 2.35. The number of pyridine rings is 1. The second-order valence-electron chi connectivity index (χ2n) is 10.6. The summed E-state index contributed by atoms with van der Waals surface area (Å²) in [4.78, 5) is 29.2. The zero-order chi connectivity index (χ0) is 32.0. The summed E-state index contributed by atoms with van der Waals surface area (Å²) < 4.78 is 61.2. The number of fused-ring (bicyclic) bond motifs is 1. The number of esters is 1. The van der Waals surface area contributed by atoms with Gasteiger partial charge in [0.1, 0.15) is 29.4 Å². The number of alkyl halides is 3. The van der Waals surface area contributed by atoms with Crippen LogP contribution in [0.5, 0.6) is 23.1 Å². The van der Waals surface area contributed by atoms with Crippen molar-refractivity contribution in [1.29, 1.82) is 0 Å². The zero-order valence-corrected chi connectivity index (χ0v) is 24.4.